The maximum atomic E-state index is 12.6. The molecule has 1 aliphatic heterocycles. The Kier molecular flexibility index (Phi) is 2.04. The molecule has 0 fully saturated rings. The third-order valence-electron chi connectivity index (χ3n) is 3.82. The summed E-state index contributed by atoms with van der Waals surface area (Å²) in [6.07, 6.45) is 3.80. The predicted octanol–water partition coefficient (Wildman–Crippen LogP) is 0.917. The third kappa shape index (κ3) is 1.24. The Balaban J connectivity index is 2.18. The second-order valence-electron chi connectivity index (χ2n) is 4.92. The van der Waals surface area contributed by atoms with E-state index in [0.717, 1.165) is 0 Å². The first kappa shape index (κ1) is 11.2. The second-order valence-corrected chi connectivity index (χ2v) is 4.92. The van der Waals surface area contributed by atoms with Gasteiger partial charge in [-0.3, -0.25) is 14.4 Å². The average molecular weight is 266 g/mol. The maximum Gasteiger partial charge on any atom is 0.278 e. The van der Waals surface area contributed by atoms with Gasteiger partial charge in [0.2, 0.25) is 0 Å². The van der Waals surface area contributed by atoms with Crippen molar-refractivity contribution in [3.05, 3.63) is 62.7 Å². The molecule has 0 saturated carbocycles. The van der Waals surface area contributed by atoms with Crippen LogP contribution >= 0.6 is 0 Å². The molecule has 1 aromatic heterocycles. The Bertz CT molecular complexity index is 957. The minimum absolute atomic E-state index is 0.0263. The minimum Gasteiger partial charge on any atom is -0.294 e. The molecule has 0 amide bonds. The van der Waals surface area contributed by atoms with Crippen LogP contribution in [-0.4, -0.2) is 15.1 Å². The number of hydrogen-bond donors (Lipinski definition) is 0. The third-order valence-corrected chi connectivity index (χ3v) is 3.82. The minimum atomic E-state index is -0.260. The lowest BCUT2D eigenvalue weighted by Gasteiger charge is -2.10. The fourth-order valence-electron chi connectivity index (χ4n) is 2.85. The van der Waals surface area contributed by atoms with Gasteiger partial charge in [-0.05, 0) is 18.2 Å². The number of hydrogen-bond acceptors (Lipinski definition) is 3. The molecule has 20 heavy (non-hydrogen) atoms. The van der Waals surface area contributed by atoms with Crippen molar-refractivity contribution in [2.24, 2.45) is 0 Å². The summed E-state index contributed by atoms with van der Waals surface area (Å²) >= 11 is 0. The quantitative estimate of drug-likeness (QED) is 0.712. The van der Waals surface area contributed by atoms with Crippen molar-refractivity contribution in [3.63, 3.8) is 0 Å². The SMILES string of the molecule is O=C1CC=CC2=C1Cn1c(=O)c3ccccc3c(=O)n12. The number of benzene rings is 1. The van der Waals surface area contributed by atoms with Crippen LogP contribution in [-0.2, 0) is 11.3 Å². The molecule has 5 nitrogen and oxygen atoms in total. The average Bonchev–Trinajstić information content (AvgIpc) is 2.86. The van der Waals surface area contributed by atoms with Gasteiger partial charge in [-0.2, -0.15) is 0 Å². The van der Waals surface area contributed by atoms with E-state index in [0.29, 0.717) is 28.5 Å². The fourth-order valence-corrected chi connectivity index (χ4v) is 2.85. The second kappa shape index (κ2) is 3.66. The first-order valence-electron chi connectivity index (χ1n) is 6.36. The Hall–Kier alpha value is -2.69. The molecule has 0 saturated heterocycles. The van der Waals surface area contributed by atoms with Crippen molar-refractivity contribution in [1.82, 2.24) is 9.36 Å². The Morgan fingerprint density at radius 2 is 1.65 bits per heavy atom. The zero-order valence-electron chi connectivity index (χ0n) is 10.5. The van der Waals surface area contributed by atoms with E-state index in [-0.39, 0.29) is 23.4 Å². The molecule has 2 heterocycles. The highest BCUT2D eigenvalue weighted by Gasteiger charge is 2.29. The van der Waals surface area contributed by atoms with Crippen LogP contribution in [0, 0.1) is 0 Å². The number of nitrogens with zero attached hydrogens (tertiary/aromatic N) is 2. The molecular formula is C15H10N2O3. The molecule has 0 bridgehead atoms. The summed E-state index contributed by atoms with van der Waals surface area (Å²) in [5.41, 5.74) is 0.580. The van der Waals surface area contributed by atoms with Crippen molar-refractivity contribution in [1.29, 1.82) is 0 Å². The van der Waals surface area contributed by atoms with E-state index in [1.54, 1.807) is 36.4 Å². The monoisotopic (exact) mass is 266 g/mol. The molecule has 2 aromatic rings. The van der Waals surface area contributed by atoms with Gasteiger partial charge < -0.3 is 0 Å². The summed E-state index contributed by atoms with van der Waals surface area (Å²) in [5.74, 6) is -0.0263. The lowest BCUT2D eigenvalue weighted by Crippen LogP contribution is -2.34. The first-order chi connectivity index (χ1) is 9.68. The van der Waals surface area contributed by atoms with Crippen LogP contribution in [0.1, 0.15) is 6.42 Å². The molecule has 0 radical (unpaired) electrons. The van der Waals surface area contributed by atoms with Crippen LogP contribution in [0.3, 0.4) is 0 Å². The van der Waals surface area contributed by atoms with Crippen LogP contribution < -0.4 is 11.1 Å². The van der Waals surface area contributed by atoms with Crippen LogP contribution in [0.2, 0.25) is 0 Å². The van der Waals surface area contributed by atoms with Gasteiger partial charge in [0, 0.05) is 12.0 Å². The van der Waals surface area contributed by atoms with Crippen molar-refractivity contribution < 1.29 is 4.79 Å². The van der Waals surface area contributed by atoms with Gasteiger partial charge in [-0.25, -0.2) is 9.36 Å². The van der Waals surface area contributed by atoms with E-state index in [1.165, 1.54) is 9.36 Å². The van der Waals surface area contributed by atoms with Crippen LogP contribution in [0.5, 0.6) is 0 Å². The molecule has 5 heteroatoms. The molecule has 1 aliphatic carbocycles. The molecule has 98 valence electrons. The summed E-state index contributed by atoms with van der Waals surface area (Å²) in [5, 5.41) is 0.777. The molecular weight excluding hydrogens is 256 g/mol. The fraction of sp³-hybridized carbons (Fsp3) is 0.133. The highest BCUT2D eigenvalue weighted by Crippen LogP contribution is 2.25. The Morgan fingerprint density at radius 3 is 2.40 bits per heavy atom. The zero-order valence-corrected chi connectivity index (χ0v) is 10.5. The van der Waals surface area contributed by atoms with Gasteiger partial charge in [-0.1, -0.05) is 18.2 Å². The van der Waals surface area contributed by atoms with E-state index in [1.807, 2.05) is 0 Å². The molecule has 0 spiro atoms. The van der Waals surface area contributed by atoms with Crippen LogP contribution in [0.4, 0.5) is 0 Å². The molecule has 4 rings (SSSR count). The summed E-state index contributed by atoms with van der Waals surface area (Å²) in [6, 6.07) is 6.74. The maximum absolute atomic E-state index is 12.6. The summed E-state index contributed by atoms with van der Waals surface area (Å²) in [7, 11) is 0. The largest absolute Gasteiger partial charge is 0.294 e. The summed E-state index contributed by atoms with van der Waals surface area (Å²) in [4.78, 5) is 36.9. The Labute approximate surface area is 113 Å². The standard InChI is InChI=1S/C15H10N2O3/c18-13-7-3-6-12-11(13)8-16-14(19)9-4-1-2-5-10(9)15(20)17(12)16/h1-6H,7-8H2. The van der Waals surface area contributed by atoms with Crippen LogP contribution in [0.25, 0.3) is 16.5 Å². The van der Waals surface area contributed by atoms with E-state index >= 15 is 0 Å². The van der Waals surface area contributed by atoms with Crippen molar-refractivity contribution in [3.8, 4) is 0 Å². The molecule has 0 atom stereocenters. The molecule has 2 aliphatic rings. The van der Waals surface area contributed by atoms with E-state index in [2.05, 4.69) is 0 Å². The van der Waals surface area contributed by atoms with Crippen LogP contribution in [0.15, 0.2) is 51.6 Å². The highest BCUT2D eigenvalue weighted by atomic mass is 16.2. The molecule has 0 unspecified atom stereocenters. The summed E-state index contributed by atoms with van der Waals surface area (Å²) < 4.78 is 2.68. The van der Waals surface area contributed by atoms with Crippen molar-refractivity contribution in [2.75, 3.05) is 0 Å². The number of ketones is 1. The van der Waals surface area contributed by atoms with Gasteiger partial charge in [0.05, 0.1) is 23.0 Å². The van der Waals surface area contributed by atoms with Gasteiger partial charge in [0.15, 0.2) is 5.78 Å². The van der Waals surface area contributed by atoms with Gasteiger partial charge >= 0.3 is 0 Å². The van der Waals surface area contributed by atoms with E-state index in [9.17, 15) is 14.4 Å². The highest BCUT2D eigenvalue weighted by molar-refractivity contribution is 6.05. The Morgan fingerprint density at radius 1 is 0.950 bits per heavy atom. The van der Waals surface area contributed by atoms with E-state index in [4.69, 9.17) is 0 Å². The number of allylic oxidation sites excluding steroid dienone is 4. The number of carbonyl (C=O) groups is 1. The first-order valence-corrected chi connectivity index (χ1v) is 6.36. The topological polar surface area (TPSA) is 61.1 Å². The molecule has 0 N–H and O–H groups in total. The van der Waals surface area contributed by atoms with Crippen molar-refractivity contribution >= 4 is 22.3 Å². The zero-order chi connectivity index (χ0) is 13.9. The number of Topliss-reactive ketones (excluding diaryl/α,β-unsaturated/α-hetero) is 1. The lowest BCUT2D eigenvalue weighted by atomic mass is 10.0. The predicted molar refractivity (Wildman–Crippen MR) is 74.4 cm³/mol. The van der Waals surface area contributed by atoms with E-state index < -0.39 is 0 Å². The lowest BCUT2D eigenvalue weighted by molar-refractivity contribution is -0.114. The number of carbonyl (C=O) groups excluding carboxylic acids is 1. The normalized spacial score (nSPS) is 16.7. The van der Waals surface area contributed by atoms with Gasteiger partial charge in [0.1, 0.15) is 0 Å². The summed E-state index contributed by atoms with van der Waals surface area (Å²) in [6.45, 7) is 0.178. The van der Waals surface area contributed by atoms with Gasteiger partial charge in [0.25, 0.3) is 11.1 Å². The number of rotatable bonds is 0. The molecule has 1 aromatic carbocycles. The smallest absolute Gasteiger partial charge is 0.278 e. The number of aromatic nitrogens is 2. The van der Waals surface area contributed by atoms with Crippen molar-refractivity contribution in [2.45, 2.75) is 13.0 Å². The number of fused-ring (bicyclic) bond motifs is 3. The van der Waals surface area contributed by atoms with Gasteiger partial charge in [-0.15, -0.1) is 0 Å².